The number of anilines is 2. The predicted molar refractivity (Wildman–Crippen MR) is 85.6 cm³/mol. The highest BCUT2D eigenvalue weighted by Crippen LogP contribution is 2.12. The smallest absolute Gasteiger partial charge is 0.314 e. The van der Waals surface area contributed by atoms with Crippen LogP contribution in [0.1, 0.15) is 11.1 Å². The Morgan fingerprint density at radius 3 is 2.23 bits per heavy atom. The molecule has 2 rings (SSSR count). The summed E-state index contributed by atoms with van der Waals surface area (Å²) < 4.78 is 5.03. The minimum absolute atomic E-state index is 0.444. The summed E-state index contributed by atoms with van der Waals surface area (Å²) in [5, 5.41) is 5.12. The molecule has 0 unspecified atom stereocenters. The molecule has 0 saturated heterocycles. The molecule has 114 valence electrons. The quantitative estimate of drug-likeness (QED) is 0.853. The first-order chi connectivity index (χ1) is 10.6. The van der Waals surface area contributed by atoms with Gasteiger partial charge >= 0.3 is 11.8 Å². The third-order valence-corrected chi connectivity index (χ3v) is 3.01. The summed E-state index contributed by atoms with van der Waals surface area (Å²) in [4.78, 5) is 23.8. The van der Waals surface area contributed by atoms with E-state index in [1.807, 2.05) is 25.1 Å². The van der Waals surface area contributed by atoms with Crippen molar-refractivity contribution in [3.05, 3.63) is 59.7 Å². The number of carbonyl (C=O) groups is 2. The summed E-state index contributed by atoms with van der Waals surface area (Å²) >= 11 is 0. The third kappa shape index (κ3) is 4.43. The van der Waals surface area contributed by atoms with Gasteiger partial charge in [0.1, 0.15) is 0 Å². The second-order valence-electron chi connectivity index (χ2n) is 4.91. The maximum Gasteiger partial charge on any atom is 0.314 e. The van der Waals surface area contributed by atoms with E-state index in [4.69, 9.17) is 4.74 Å². The Morgan fingerprint density at radius 1 is 0.955 bits per heavy atom. The summed E-state index contributed by atoms with van der Waals surface area (Å²) in [6.07, 6.45) is 0. The third-order valence-electron chi connectivity index (χ3n) is 3.01. The van der Waals surface area contributed by atoms with Crippen LogP contribution < -0.4 is 10.6 Å². The molecule has 2 aromatic carbocycles. The zero-order chi connectivity index (χ0) is 15.9. The molecular weight excluding hydrogens is 280 g/mol. The number of aryl methyl sites for hydroxylation is 1. The molecule has 0 aliphatic carbocycles. The normalized spacial score (nSPS) is 10.1. The molecular formula is C17H18N2O3. The molecule has 0 aromatic heterocycles. The molecule has 0 aliphatic rings. The van der Waals surface area contributed by atoms with E-state index in [1.54, 1.807) is 37.4 Å². The molecule has 0 spiro atoms. The van der Waals surface area contributed by atoms with Crippen molar-refractivity contribution in [3.63, 3.8) is 0 Å². The van der Waals surface area contributed by atoms with Crippen LogP contribution in [0.15, 0.2) is 48.5 Å². The maximum absolute atomic E-state index is 11.9. The van der Waals surface area contributed by atoms with Gasteiger partial charge in [-0.3, -0.25) is 9.59 Å². The van der Waals surface area contributed by atoms with E-state index in [9.17, 15) is 9.59 Å². The number of carbonyl (C=O) groups excluding carboxylic acids is 2. The highest BCUT2D eigenvalue weighted by Gasteiger charge is 2.14. The number of benzene rings is 2. The van der Waals surface area contributed by atoms with Crippen LogP contribution in [0.25, 0.3) is 0 Å². The van der Waals surface area contributed by atoms with Crippen molar-refractivity contribution in [3.8, 4) is 0 Å². The molecule has 5 nitrogen and oxygen atoms in total. The van der Waals surface area contributed by atoms with Gasteiger partial charge in [0.25, 0.3) is 0 Å². The van der Waals surface area contributed by atoms with Crippen molar-refractivity contribution in [2.45, 2.75) is 13.5 Å². The molecule has 0 radical (unpaired) electrons. The van der Waals surface area contributed by atoms with Gasteiger partial charge in [-0.1, -0.05) is 29.8 Å². The molecule has 0 saturated carbocycles. The lowest BCUT2D eigenvalue weighted by molar-refractivity contribution is -0.132. The summed E-state index contributed by atoms with van der Waals surface area (Å²) in [5.74, 6) is -1.42. The van der Waals surface area contributed by atoms with E-state index in [1.165, 1.54) is 0 Å². The van der Waals surface area contributed by atoms with E-state index in [-0.39, 0.29) is 0 Å². The summed E-state index contributed by atoms with van der Waals surface area (Å²) in [6, 6.07) is 14.4. The number of hydrogen-bond acceptors (Lipinski definition) is 3. The van der Waals surface area contributed by atoms with Gasteiger partial charge in [-0.15, -0.1) is 0 Å². The lowest BCUT2D eigenvalue weighted by atomic mass is 10.2. The van der Waals surface area contributed by atoms with Crippen LogP contribution >= 0.6 is 0 Å². The molecule has 2 aromatic rings. The molecule has 5 heteroatoms. The fourth-order valence-corrected chi connectivity index (χ4v) is 1.92. The number of ether oxygens (including phenoxy) is 1. The Labute approximate surface area is 129 Å². The number of hydrogen-bond donors (Lipinski definition) is 2. The molecule has 2 amide bonds. The van der Waals surface area contributed by atoms with Crippen LogP contribution in [-0.2, 0) is 20.9 Å². The van der Waals surface area contributed by atoms with Crippen molar-refractivity contribution in [1.82, 2.24) is 0 Å². The van der Waals surface area contributed by atoms with E-state index in [0.717, 1.165) is 11.1 Å². The second-order valence-corrected chi connectivity index (χ2v) is 4.91. The standard InChI is InChI=1S/C17H18N2O3/c1-12-6-8-14(9-7-12)18-16(20)17(21)19-15-5-3-4-13(10-15)11-22-2/h3-10H,11H2,1-2H3,(H,18,20)(H,19,21). The highest BCUT2D eigenvalue weighted by atomic mass is 16.5. The Kier molecular flexibility index (Phi) is 5.27. The van der Waals surface area contributed by atoms with Crippen LogP contribution in [0.3, 0.4) is 0 Å². The Balaban J connectivity index is 1.97. The molecule has 22 heavy (non-hydrogen) atoms. The van der Waals surface area contributed by atoms with Gasteiger partial charge in [-0.05, 0) is 36.8 Å². The second kappa shape index (κ2) is 7.38. The Morgan fingerprint density at radius 2 is 1.59 bits per heavy atom. The molecule has 0 aliphatic heterocycles. The van der Waals surface area contributed by atoms with Crippen molar-refractivity contribution in [1.29, 1.82) is 0 Å². The van der Waals surface area contributed by atoms with Gasteiger partial charge in [0.05, 0.1) is 6.61 Å². The van der Waals surface area contributed by atoms with Crippen LogP contribution in [0.4, 0.5) is 11.4 Å². The number of amides is 2. The van der Waals surface area contributed by atoms with Crippen LogP contribution in [0.2, 0.25) is 0 Å². The topological polar surface area (TPSA) is 67.4 Å². The van der Waals surface area contributed by atoms with Crippen molar-refractivity contribution in [2.24, 2.45) is 0 Å². The van der Waals surface area contributed by atoms with Crippen molar-refractivity contribution < 1.29 is 14.3 Å². The molecule has 0 fully saturated rings. The number of methoxy groups -OCH3 is 1. The first kappa shape index (κ1) is 15.7. The van der Waals surface area contributed by atoms with E-state index in [0.29, 0.717) is 18.0 Å². The monoisotopic (exact) mass is 298 g/mol. The Bertz CT molecular complexity index is 666. The molecule has 0 atom stereocenters. The van der Waals surface area contributed by atoms with Crippen molar-refractivity contribution in [2.75, 3.05) is 17.7 Å². The van der Waals surface area contributed by atoms with Crippen molar-refractivity contribution >= 4 is 23.2 Å². The highest BCUT2D eigenvalue weighted by molar-refractivity contribution is 6.43. The van der Waals surface area contributed by atoms with E-state index in [2.05, 4.69) is 10.6 Å². The lowest BCUT2D eigenvalue weighted by Gasteiger charge is -2.08. The van der Waals surface area contributed by atoms with Gasteiger partial charge in [-0.25, -0.2) is 0 Å². The maximum atomic E-state index is 11.9. The molecule has 0 heterocycles. The SMILES string of the molecule is COCc1cccc(NC(=O)C(=O)Nc2ccc(C)cc2)c1. The van der Waals surface area contributed by atoms with Gasteiger partial charge in [0.15, 0.2) is 0 Å². The fourth-order valence-electron chi connectivity index (χ4n) is 1.92. The number of rotatable bonds is 4. The molecule has 2 N–H and O–H groups in total. The minimum Gasteiger partial charge on any atom is -0.380 e. The van der Waals surface area contributed by atoms with Gasteiger partial charge in [0.2, 0.25) is 0 Å². The zero-order valence-corrected chi connectivity index (χ0v) is 12.6. The zero-order valence-electron chi connectivity index (χ0n) is 12.6. The first-order valence-electron chi connectivity index (χ1n) is 6.85. The van der Waals surface area contributed by atoms with Gasteiger partial charge < -0.3 is 15.4 Å². The number of nitrogens with one attached hydrogen (secondary N) is 2. The van der Waals surface area contributed by atoms with E-state index < -0.39 is 11.8 Å². The Hall–Kier alpha value is -2.66. The largest absolute Gasteiger partial charge is 0.380 e. The summed E-state index contributed by atoms with van der Waals surface area (Å²) in [5.41, 5.74) is 3.13. The van der Waals surface area contributed by atoms with Gasteiger partial charge in [-0.2, -0.15) is 0 Å². The predicted octanol–water partition coefficient (Wildman–Crippen LogP) is 2.72. The van der Waals surface area contributed by atoms with Gasteiger partial charge in [0, 0.05) is 18.5 Å². The first-order valence-corrected chi connectivity index (χ1v) is 6.85. The van der Waals surface area contributed by atoms with Crippen LogP contribution in [0.5, 0.6) is 0 Å². The minimum atomic E-state index is -0.713. The summed E-state index contributed by atoms with van der Waals surface area (Å²) in [6.45, 7) is 2.39. The average Bonchev–Trinajstić information content (AvgIpc) is 2.50. The molecule has 0 bridgehead atoms. The summed E-state index contributed by atoms with van der Waals surface area (Å²) in [7, 11) is 1.60. The van der Waals surface area contributed by atoms with Crippen LogP contribution in [0, 0.1) is 6.92 Å². The lowest BCUT2D eigenvalue weighted by Crippen LogP contribution is -2.29. The van der Waals surface area contributed by atoms with E-state index >= 15 is 0 Å². The fraction of sp³-hybridized carbons (Fsp3) is 0.176. The van der Waals surface area contributed by atoms with Crippen LogP contribution in [-0.4, -0.2) is 18.9 Å². The average molecular weight is 298 g/mol.